The van der Waals surface area contributed by atoms with E-state index in [0.717, 1.165) is 97.8 Å². The molecule has 52 heavy (non-hydrogen) atoms. The molecule has 6 nitrogen and oxygen atoms in total. The molecule has 240 valence electrons. The number of hydrogen-bond donors (Lipinski definition) is 0. The minimum atomic E-state index is -0.0984. The summed E-state index contributed by atoms with van der Waals surface area (Å²) in [5.74, 6) is 0. The molecular weight excluding hydrogens is 645 g/mol. The molecule has 0 atom stereocenters. The van der Waals surface area contributed by atoms with Crippen molar-refractivity contribution in [2.24, 2.45) is 0 Å². The molecule has 0 spiro atoms. The summed E-state index contributed by atoms with van der Waals surface area (Å²) in [6.45, 7) is 3.83. The lowest BCUT2D eigenvalue weighted by atomic mass is 9.85. The molecule has 6 heteroatoms. The van der Waals surface area contributed by atoms with Crippen molar-refractivity contribution in [3.05, 3.63) is 149 Å². The second-order valence-corrected chi connectivity index (χ2v) is 14.8. The first kappa shape index (κ1) is 26.9. The van der Waals surface area contributed by atoms with Gasteiger partial charge in [0.15, 0.2) is 21.7 Å². The second kappa shape index (κ2) is 8.33. The fourth-order valence-electron chi connectivity index (χ4n) is 10.1. The van der Waals surface area contributed by atoms with E-state index in [0.29, 0.717) is 32.6 Å². The zero-order valence-electron chi connectivity index (χ0n) is 27.8. The van der Waals surface area contributed by atoms with Crippen LogP contribution in [0.3, 0.4) is 0 Å². The van der Waals surface area contributed by atoms with Gasteiger partial charge in [0.2, 0.25) is 0 Å². The van der Waals surface area contributed by atoms with Crippen LogP contribution in [0.5, 0.6) is 0 Å². The van der Waals surface area contributed by atoms with Gasteiger partial charge in [-0.25, -0.2) is 0 Å². The van der Waals surface area contributed by atoms with Crippen LogP contribution in [0.4, 0.5) is 0 Å². The molecule has 0 bridgehead atoms. The van der Waals surface area contributed by atoms with E-state index in [-0.39, 0.29) is 21.7 Å². The highest BCUT2D eigenvalue weighted by Gasteiger charge is 2.24. The number of hydrogen-bond acceptors (Lipinski definition) is 4. The molecule has 0 saturated heterocycles. The number of fused-ring (bicyclic) bond motifs is 6. The van der Waals surface area contributed by atoms with Gasteiger partial charge in [-0.15, -0.1) is 0 Å². The van der Waals surface area contributed by atoms with E-state index in [4.69, 9.17) is 0 Å². The Bertz CT molecular complexity index is 3570. The van der Waals surface area contributed by atoms with Gasteiger partial charge in [0.1, 0.15) is 0 Å². The van der Waals surface area contributed by atoms with Gasteiger partial charge in [-0.2, -0.15) is 0 Å². The van der Waals surface area contributed by atoms with Crippen molar-refractivity contribution in [2.75, 3.05) is 0 Å². The molecule has 0 N–H and O–H groups in total. The summed E-state index contributed by atoms with van der Waals surface area (Å²) >= 11 is 0. The Balaban J connectivity index is 1.27. The SMILES string of the molecule is Cc1cc2c(=O)cc3c4ccc5c6ccc7c8c(ccc(c9ccc(c4c59)c4cc(=O)c(c1)c2n34)c68)c1cc(=O)c2cc(C)cc3c(=O)cc7n1c32. The first-order chi connectivity index (χ1) is 25.3. The van der Waals surface area contributed by atoms with E-state index >= 15 is 0 Å². The van der Waals surface area contributed by atoms with Crippen LogP contribution in [-0.2, 0) is 0 Å². The second-order valence-electron chi connectivity index (χ2n) is 14.8. The van der Waals surface area contributed by atoms with Crippen molar-refractivity contribution in [2.45, 2.75) is 13.8 Å². The van der Waals surface area contributed by atoms with Gasteiger partial charge in [-0.3, -0.25) is 19.2 Å². The monoisotopic (exact) mass is 666 g/mol. The van der Waals surface area contributed by atoms with E-state index in [9.17, 15) is 19.2 Å². The first-order valence-electron chi connectivity index (χ1n) is 17.4. The number of pyridine rings is 6. The third-order valence-electron chi connectivity index (χ3n) is 12.1. The number of rotatable bonds is 0. The van der Waals surface area contributed by atoms with Crippen molar-refractivity contribution in [3.8, 4) is 0 Å². The quantitative estimate of drug-likeness (QED) is 0.120. The van der Waals surface area contributed by atoms with Crippen LogP contribution < -0.4 is 21.7 Å². The van der Waals surface area contributed by atoms with Crippen molar-refractivity contribution < 1.29 is 0 Å². The molecule has 0 fully saturated rings. The largest absolute Gasteiger partial charge is 0.307 e. The van der Waals surface area contributed by atoms with Gasteiger partial charge in [0.05, 0.1) is 33.1 Å². The van der Waals surface area contributed by atoms with Crippen molar-refractivity contribution in [1.82, 2.24) is 8.80 Å². The van der Waals surface area contributed by atoms with Crippen LogP contribution in [0.1, 0.15) is 11.1 Å². The molecule has 0 amide bonds. The lowest BCUT2D eigenvalue weighted by Gasteiger charge is -2.22. The van der Waals surface area contributed by atoms with E-state index in [1.54, 1.807) is 24.3 Å². The third kappa shape index (κ3) is 2.80. The van der Waals surface area contributed by atoms with Crippen molar-refractivity contribution >= 4 is 119 Å². The normalized spacial score (nSPS) is 13.1. The number of aryl methyl sites for hydroxylation is 2. The Morgan fingerprint density at radius 3 is 0.808 bits per heavy atom. The fourth-order valence-corrected chi connectivity index (χ4v) is 10.1. The summed E-state index contributed by atoms with van der Waals surface area (Å²) in [4.78, 5) is 54.8. The highest BCUT2D eigenvalue weighted by atomic mass is 16.1. The summed E-state index contributed by atoms with van der Waals surface area (Å²) in [7, 11) is 0. The summed E-state index contributed by atoms with van der Waals surface area (Å²) < 4.78 is 4.20. The fraction of sp³-hybridized carbons (Fsp3) is 0.0435. The average molecular weight is 667 g/mol. The van der Waals surface area contributed by atoms with Crippen molar-refractivity contribution in [3.63, 3.8) is 0 Å². The third-order valence-corrected chi connectivity index (χ3v) is 12.1. The Kier molecular flexibility index (Phi) is 4.31. The minimum Gasteiger partial charge on any atom is -0.307 e. The maximum Gasteiger partial charge on any atom is 0.190 e. The highest BCUT2D eigenvalue weighted by molar-refractivity contribution is 6.42. The lowest BCUT2D eigenvalue weighted by molar-refractivity contribution is 1.29. The van der Waals surface area contributed by atoms with Gasteiger partial charge in [0, 0.05) is 78.1 Å². The Hall–Kier alpha value is -6.92. The van der Waals surface area contributed by atoms with Crippen LogP contribution >= 0.6 is 0 Å². The molecule has 0 unspecified atom stereocenters. The van der Waals surface area contributed by atoms with Crippen LogP contribution in [-0.4, -0.2) is 8.80 Å². The Morgan fingerprint density at radius 2 is 0.538 bits per heavy atom. The predicted octanol–water partition coefficient (Wildman–Crippen LogP) is 8.97. The molecule has 7 aromatic carbocycles. The van der Waals surface area contributed by atoms with E-state index in [1.807, 2.05) is 38.1 Å². The molecule has 0 aliphatic carbocycles. The minimum absolute atomic E-state index is 0.0984. The van der Waals surface area contributed by atoms with Crippen LogP contribution in [0.2, 0.25) is 0 Å². The highest BCUT2D eigenvalue weighted by Crippen LogP contribution is 2.48. The smallest absolute Gasteiger partial charge is 0.190 e. The Labute approximate surface area is 290 Å². The maximum atomic E-state index is 13.7. The molecule has 0 saturated carbocycles. The van der Waals surface area contributed by atoms with E-state index in [1.165, 1.54) is 0 Å². The van der Waals surface area contributed by atoms with Gasteiger partial charge in [-0.1, -0.05) is 48.5 Å². The Morgan fingerprint density at radius 1 is 0.308 bits per heavy atom. The van der Waals surface area contributed by atoms with E-state index < -0.39 is 0 Å². The zero-order chi connectivity index (χ0) is 34.6. The van der Waals surface area contributed by atoms with Crippen LogP contribution in [0, 0.1) is 13.8 Å². The van der Waals surface area contributed by atoms with Crippen LogP contribution in [0.15, 0.2) is 116 Å². The van der Waals surface area contributed by atoms with Gasteiger partial charge >= 0.3 is 0 Å². The predicted molar refractivity (Wildman–Crippen MR) is 214 cm³/mol. The molecule has 0 aliphatic rings. The maximum absolute atomic E-state index is 13.7. The molecule has 0 aliphatic heterocycles. The van der Waals surface area contributed by atoms with Crippen LogP contribution in [0.25, 0.3) is 119 Å². The number of nitrogens with zero attached hydrogens (tertiary/aromatic N) is 2. The molecule has 0 radical (unpaired) electrons. The summed E-state index contributed by atoms with van der Waals surface area (Å²) in [5, 5.41) is 14.5. The average Bonchev–Trinajstić information content (AvgIpc) is 3.14. The number of benzene rings is 7. The summed E-state index contributed by atoms with van der Waals surface area (Å²) in [6.07, 6.45) is 0. The van der Waals surface area contributed by atoms with Gasteiger partial charge < -0.3 is 8.80 Å². The summed E-state index contributed by atoms with van der Waals surface area (Å²) in [5.41, 5.74) is 5.85. The van der Waals surface area contributed by atoms with Gasteiger partial charge in [0.25, 0.3) is 0 Å². The standard InChI is InChI=1S/C46H22N2O4/c1-19-11-29-37(49)15-33-25-7-3-21-23-5-9-27-35-17-39(51)31-13-20(2)14-32-40(52)18-36(48(35)46(31)32)28-10-6-24(42(23)44(27)28)22-4-8-26(43(25)41(21)22)34-16-38(50)30(12-19)45(29)47(33)34/h3-18H,1-2H3. The zero-order valence-corrected chi connectivity index (χ0v) is 27.8. The van der Waals surface area contributed by atoms with Crippen molar-refractivity contribution in [1.29, 1.82) is 0 Å². The topological polar surface area (TPSA) is 77.1 Å². The van der Waals surface area contributed by atoms with E-state index in [2.05, 4.69) is 57.3 Å². The summed E-state index contributed by atoms with van der Waals surface area (Å²) in [6, 6.07) is 31.5. The molecular formula is C46H22N2O4. The molecule has 13 aromatic rings. The first-order valence-corrected chi connectivity index (χ1v) is 17.4. The molecule has 6 heterocycles. The lowest BCUT2D eigenvalue weighted by Crippen LogP contribution is -2.13. The van der Waals surface area contributed by atoms with Gasteiger partial charge in [-0.05, 0) is 81.6 Å². The molecule has 6 aromatic heterocycles. The molecule has 13 rings (SSSR count). The number of aromatic nitrogens is 2.